The molecule has 0 fully saturated rings. The summed E-state index contributed by atoms with van der Waals surface area (Å²) in [7, 11) is 1.60. The van der Waals surface area contributed by atoms with Gasteiger partial charge in [-0.25, -0.2) is 5.43 Å². The Morgan fingerprint density at radius 2 is 1.79 bits per heavy atom. The van der Waals surface area contributed by atoms with Crippen molar-refractivity contribution >= 4 is 17.8 Å². The summed E-state index contributed by atoms with van der Waals surface area (Å²) >= 11 is 0. The number of hydrogen-bond donors (Lipinski definition) is 1. The predicted molar refractivity (Wildman–Crippen MR) is 116 cm³/mol. The highest BCUT2D eigenvalue weighted by Crippen LogP contribution is 2.17. The van der Waals surface area contributed by atoms with Gasteiger partial charge in [0.1, 0.15) is 5.56 Å². The molecule has 1 aromatic heterocycles. The average molecular weight is 388 g/mol. The van der Waals surface area contributed by atoms with E-state index in [9.17, 15) is 9.59 Å². The fourth-order valence-electron chi connectivity index (χ4n) is 2.96. The van der Waals surface area contributed by atoms with Crippen molar-refractivity contribution in [3.8, 4) is 0 Å². The van der Waals surface area contributed by atoms with Crippen molar-refractivity contribution in [1.82, 2.24) is 9.99 Å². The predicted octanol–water partition coefficient (Wildman–Crippen LogP) is 3.18. The normalized spacial score (nSPS) is 10.8. The van der Waals surface area contributed by atoms with E-state index in [0.717, 1.165) is 24.3 Å². The van der Waals surface area contributed by atoms with Gasteiger partial charge in [-0.2, -0.15) is 5.10 Å². The summed E-state index contributed by atoms with van der Waals surface area (Å²) in [6, 6.07) is 21.4. The molecule has 6 heteroatoms. The second-order valence-electron chi connectivity index (χ2n) is 6.63. The number of aromatic nitrogens is 1. The molecular formula is C23H24N4O2. The minimum absolute atomic E-state index is 0.0574. The number of nitrogens with one attached hydrogen (secondary N) is 1. The quantitative estimate of drug-likeness (QED) is 0.499. The van der Waals surface area contributed by atoms with Crippen molar-refractivity contribution in [3.05, 3.63) is 100.0 Å². The van der Waals surface area contributed by atoms with E-state index in [1.165, 1.54) is 16.2 Å². The van der Waals surface area contributed by atoms with Crippen molar-refractivity contribution in [2.75, 3.05) is 11.4 Å². The second kappa shape index (κ2) is 9.50. The number of benzene rings is 2. The molecule has 0 atom stereocenters. The molecule has 148 valence electrons. The molecule has 3 rings (SSSR count). The second-order valence-corrected chi connectivity index (χ2v) is 6.63. The zero-order valence-corrected chi connectivity index (χ0v) is 16.6. The minimum atomic E-state index is -0.529. The molecule has 6 nitrogen and oxygen atoms in total. The van der Waals surface area contributed by atoms with Crippen LogP contribution in [0.15, 0.2) is 82.8 Å². The van der Waals surface area contributed by atoms with E-state index in [1.807, 2.05) is 42.5 Å². The largest absolute Gasteiger partial charge is 0.367 e. The number of nitrogens with zero attached hydrogens (tertiary/aromatic N) is 3. The third-order valence-corrected chi connectivity index (χ3v) is 4.60. The van der Waals surface area contributed by atoms with Crippen molar-refractivity contribution in [2.24, 2.45) is 12.1 Å². The lowest BCUT2D eigenvalue weighted by Gasteiger charge is -2.23. The van der Waals surface area contributed by atoms with Crippen LogP contribution in [0.3, 0.4) is 0 Å². The van der Waals surface area contributed by atoms with Gasteiger partial charge in [0.25, 0.3) is 11.5 Å². The molecule has 0 radical (unpaired) electrons. The number of pyridine rings is 1. The third-order valence-electron chi connectivity index (χ3n) is 4.60. The van der Waals surface area contributed by atoms with E-state index in [-0.39, 0.29) is 11.1 Å². The van der Waals surface area contributed by atoms with Crippen molar-refractivity contribution in [1.29, 1.82) is 0 Å². The Labute approximate surface area is 170 Å². The maximum Gasteiger partial charge on any atom is 0.276 e. The number of hydrazone groups is 1. The van der Waals surface area contributed by atoms with Crippen LogP contribution >= 0.6 is 0 Å². The van der Waals surface area contributed by atoms with Gasteiger partial charge in [0, 0.05) is 32.0 Å². The highest BCUT2D eigenvalue weighted by atomic mass is 16.2. The summed E-state index contributed by atoms with van der Waals surface area (Å²) in [5.41, 5.74) is 5.33. The lowest BCUT2D eigenvalue weighted by atomic mass is 10.1. The van der Waals surface area contributed by atoms with Crippen LogP contribution in [0.25, 0.3) is 0 Å². The van der Waals surface area contributed by atoms with Gasteiger partial charge in [0.2, 0.25) is 0 Å². The van der Waals surface area contributed by atoms with Crippen molar-refractivity contribution in [2.45, 2.75) is 13.5 Å². The first-order valence-corrected chi connectivity index (χ1v) is 9.46. The van der Waals surface area contributed by atoms with Gasteiger partial charge < -0.3 is 9.47 Å². The Balaban J connectivity index is 1.63. The maximum atomic E-state index is 12.1. The summed E-state index contributed by atoms with van der Waals surface area (Å²) in [6.45, 7) is 3.86. The molecule has 0 saturated carbocycles. The summed E-state index contributed by atoms with van der Waals surface area (Å²) in [4.78, 5) is 26.3. The highest BCUT2D eigenvalue weighted by Gasteiger charge is 2.09. The highest BCUT2D eigenvalue weighted by molar-refractivity contribution is 5.94. The molecule has 0 unspecified atom stereocenters. The van der Waals surface area contributed by atoms with E-state index in [1.54, 1.807) is 25.5 Å². The molecule has 0 aliphatic heterocycles. The van der Waals surface area contributed by atoms with E-state index >= 15 is 0 Å². The Morgan fingerprint density at radius 1 is 1.07 bits per heavy atom. The summed E-state index contributed by atoms with van der Waals surface area (Å²) in [6.07, 6.45) is 3.16. The van der Waals surface area contributed by atoms with E-state index in [2.05, 4.69) is 34.5 Å². The number of carbonyl (C=O) groups excluding carboxylic acids is 1. The van der Waals surface area contributed by atoms with Gasteiger partial charge in [-0.1, -0.05) is 42.5 Å². The van der Waals surface area contributed by atoms with Crippen LogP contribution in [-0.2, 0) is 13.6 Å². The van der Waals surface area contributed by atoms with Gasteiger partial charge >= 0.3 is 0 Å². The number of hydrogen-bond acceptors (Lipinski definition) is 4. The first-order valence-electron chi connectivity index (χ1n) is 9.46. The topological polar surface area (TPSA) is 66.7 Å². The molecule has 1 heterocycles. The van der Waals surface area contributed by atoms with Crippen LogP contribution in [0.2, 0.25) is 0 Å². The molecule has 1 N–H and O–H groups in total. The number of aryl methyl sites for hydroxylation is 1. The lowest BCUT2D eigenvalue weighted by Crippen LogP contribution is -2.29. The first kappa shape index (κ1) is 20.1. The molecule has 3 aromatic rings. The minimum Gasteiger partial charge on any atom is -0.367 e. The summed E-state index contributed by atoms with van der Waals surface area (Å²) in [5, 5.41) is 3.96. The van der Waals surface area contributed by atoms with Crippen molar-refractivity contribution < 1.29 is 4.79 Å². The molecular weight excluding hydrogens is 364 g/mol. The van der Waals surface area contributed by atoms with Gasteiger partial charge in [0.15, 0.2) is 0 Å². The van der Waals surface area contributed by atoms with Crippen LogP contribution in [0, 0.1) is 0 Å². The van der Waals surface area contributed by atoms with E-state index in [4.69, 9.17) is 0 Å². The molecule has 2 aromatic carbocycles. The van der Waals surface area contributed by atoms with Crippen LogP contribution in [0.4, 0.5) is 5.69 Å². The van der Waals surface area contributed by atoms with E-state index in [0.29, 0.717) is 0 Å². The molecule has 1 amide bonds. The number of rotatable bonds is 7. The third kappa shape index (κ3) is 5.19. The molecule has 0 bridgehead atoms. The molecule has 0 aliphatic rings. The molecule has 29 heavy (non-hydrogen) atoms. The van der Waals surface area contributed by atoms with Gasteiger partial charge in [-0.05, 0) is 42.3 Å². The average Bonchev–Trinajstić information content (AvgIpc) is 2.75. The first-order chi connectivity index (χ1) is 14.1. The Morgan fingerprint density at radius 3 is 2.48 bits per heavy atom. The van der Waals surface area contributed by atoms with Crippen LogP contribution < -0.4 is 15.9 Å². The maximum absolute atomic E-state index is 12.1. The molecule has 0 saturated heterocycles. The van der Waals surface area contributed by atoms with Crippen LogP contribution in [-0.4, -0.2) is 23.2 Å². The SMILES string of the molecule is CCN(Cc1ccccc1)c1ccc(/C=N\NC(=O)c2cccn(C)c2=O)cc1. The Bertz CT molecular complexity index is 1040. The monoisotopic (exact) mass is 388 g/mol. The fraction of sp³-hybridized carbons (Fsp3) is 0.174. The Kier molecular flexibility index (Phi) is 6.58. The van der Waals surface area contributed by atoms with Crippen LogP contribution in [0.1, 0.15) is 28.4 Å². The van der Waals surface area contributed by atoms with Gasteiger partial charge in [-0.15, -0.1) is 0 Å². The lowest BCUT2D eigenvalue weighted by molar-refractivity contribution is 0.0953. The van der Waals surface area contributed by atoms with Crippen LogP contribution in [0.5, 0.6) is 0 Å². The molecule has 0 aliphatic carbocycles. The molecule has 0 spiro atoms. The fourth-order valence-corrected chi connectivity index (χ4v) is 2.96. The smallest absolute Gasteiger partial charge is 0.276 e. The Hall–Kier alpha value is -3.67. The number of amides is 1. The standard InChI is InChI=1S/C23H24N4O2/c1-3-27(17-19-8-5-4-6-9-19)20-13-11-18(12-14-20)16-24-25-22(28)21-10-7-15-26(2)23(21)29/h4-16H,3,17H2,1-2H3,(H,25,28)/b24-16-. The summed E-state index contributed by atoms with van der Waals surface area (Å²) in [5.74, 6) is -0.529. The zero-order chi connectivity index (χ0) is 20.6. The van der Waals surface area contributed by atoms with Crippen molar-refractivity contribution in [3.63, 3.8) is 0 Å². The van der Waals surface area contributed by atoms with Gasteiger partial charge in [-0.3, -0.25) is 9.59 Å². The van der Waals surface area contributed by atoms with Gasteiger partial charge in [0.05, 0.1) is 6.21 Å². The van der Waals surface area contributed by atoms with E-state index < -0.39 is 5.91 Å². The summed E-state index contributed by atoms with van der Waals surface area (Å²) < 4.78 is 1.35. The number of carbonyl (C=O) groups is 1. The number of anilines is 1. The zero-order valence-electron chi connectivity index (χ0n) is 16.6.